The van der Waals surface area contributed by atoms with Crippen molar-refractivity contribution in [1.82, 2.24) is 15.5 Å². The molecule has 0 atom stereocenters. The van der Waals surface area contributed by atoms with Crippen LogP contribution < -0.4 is 5.32 Å². The second-order valence-corrected chi connectivity index (χ2v) is 5.79. The van der Waals surface area contributed by atoms with Gasteiger partial charge in [0.1, 0.15) is 0 Å². The summed E-state index contributed by atoms with van der Waals surface area (Å²) >= 11 is 3.62. The second kappa shape index (κ2) is 5.84. The summed E-state index contributed by atoms with van der Waals surface area (Å²) in [5.41, 5.74) is 1.43. The maximum absolute atomic E-state index is 4.71. The van der Waals surface area contributed by atoms with Gasteiger partial charge >= 0.3 is 0 Å². The van der Waals surface area contributed by atoms with Crippen LogP contribution in [0.25, 0.3) is 0 Å². The molecule has 19 heavy (non-hydrogen) atoms. The largest absolute Gasteiger partial charge is 0.343 e. The third-order valence-electron chi connectivity index (χ3n) is 3.67. The smallest absolute Gasteiger partial charge is 0.213 e. The van der Waals surface area contributed by atoms with Crippen molar-refractivity contribution in [2.45, 2.75) is 31.2 Å². The fourth-order valence-electron chi connectivity index (χ4n) is 2.54. The molecule has 1 fully saturated rings. The van der Waals surface area contributed by atoms with Crippen LogP contribution in [-0.2, 0) is 6.42 Å². The molecule has 0 saturated heterocycles. The van der Waals surface area contributed by atoms with Gasteiger partial charge in [-0.15, -0.1) is 0 Å². The number of hydrogen-bond acceptors (Lipinski definition) is 4. The van der Waals surface area contributed by atoms with Gasteiger partial charge in [0.15, 0.2) is 5.82 Å². The lowest BCUT2D eigenvalue weighted by atomic mass is 9.76. The summed E-state index contributed by atoms with van der Waals surface area (Å²) in [6, 6.07) is 9.12. The monoisotopic (exact) mass is 321 g/mol. The number of nitrogens with zero attached hydrogens (tertiary/aromatic N) is 2. The maximum Gasteiger partial charge on any atom is 0.213 e. The lowest BCUT2D eigenvalue weighted by molar-refractivity contribution is 0.291. The predicted molar refractivity (Wildman–Crippen MR) is 75.9 cm³/mol. The summed E-state index contributed by atoms with van der Waals surface area (Å²) in [4.78, 5) is 4.01. The van der Waals surface area contributed by atoms with E-state index in [1.165, 1.54) is 29.3 Å². The summed E-state index contributed by atoms with van der Waals surface area (Å²) in [6.07, 6.45) is 4.61. The Kier molecular flexibility index (Phi) is 3.94. The van der Waals surface area contributed by atoms with Gasteiger partial charge in [-0.3, -0.25) is 0 Å². The van der Waals surface area contributed by atoms with E-state index in [1.807, 2.05) is 0 Å². The van der Waals surface area contributed by atoms with Crippen LogP contribution in [0, 0.1) is 0 Å². The van der Waals surface area contributed by atoms with E-state index >= 15 is 0 Å². The number of hydrogen-bond donors (Lipinski definition) is 1. The highest BCUT2D eigenvalue weighted by Gasteiger charge is 2.30. The normalized spacial score (nSPS) is 22.2. The number of benzene rings is 1. The van der Waals surface area contributed by atoms with Crippen molar-refractivity contribution in [2.75, 3.05) is 6.54 Å². The molecule has 1 aromatic carbocycles. The Balaban J connectivity index is 1.42. The molecule has 1 saturated carbocycles. The molecule has 5 heteroatoms. The van der Waals surface area contributed by atoms with Crippen LogP contribution in [0.1, 0.15) is 30.1 Å². The molecule has 100 valence electrons. The van der Waals surface area contributed by atoms with Gasteiger partial charge in [0.2, 0.25) is 6.39 Å². The lowest BCUT2D eigenvalue weighted by Gasteiger charge is -2.36. The Morgan fingerprint density at radius 2 is 2.16 bits per heavy atom. The second-order valence-electron chi connectivity index (χ2n) is 4.94. The minimum Gasteiger partial charge on any atom is -0.343 e. The Hall–Kier alpha value is -1.20. The fourth-order valence-corrected chi connectivity index (χ4v) is 3.14. The molecule has 0 aliphatic heterocycles. The van der Waals surface area contributed by atoms with Crippen LogP contribution in [0.3, 0.4) is 0 Å². The molecule has 1 N–H and O–H groups in total. The first-order chi connectivity index (χ1) is 9.33. The van der Waals surface area contributed by atoms with E-state index in [4.69, 9.17) is 4.52 Å². The Morgan fingerprint density at radius 3 is 2.89 bits per heavy atom. The van der Waals surface area contributed by atoms with Crippen LogP contribution in [0.15, 0.2) is 39.7 Å². The topological polar surface area (TPSA) is 51.0 Å². The van der Waals surface area contributed by atoms with E-state index in [9.17, 15) is 0 Å². The van der Waals surface area contributed by atoms with Gasteiger partial charge in [-0.25, -0.2) is 0 Å². The minimum atomic E-state index is 0.615. The molecule has 0 amide bonds. The zero-order chi connectivity index (χ0) is 13.1. The average Bonchev–Trinajstić information content (AvgIpc) is 2.87. The van der Waals surface area contributed by atoms with Crippen molar-refractivity contribution >= 4 is 15.9 Å². The van der Waals surface area contributed by atoms with Crippen molar-refractivity contribution < 1.29 is 4.52 Å². The van der Waals surface area contributed by atoms with Crippen molar-refractivity contribution in [2.24, 2.45) is 0 Å². The van der Waals surface area contributed by atoms with Gasteiger partial charge in [-0.2, -0.15) is 4.98 Å². The lowest BCUT2D eigenvalue weighted by Crippen LogP contribution is -2.41. The highest BCUT2D eigenvalue weighted by Crippen LogP contribution is 2.39. The molecule has 1 aliphatic rings. The molecule has 2 aromatic rings. The molecule has 0 bridgehead atoms. The zero-order valence-corrected chi connectivity index (χ0v) is 12.1. The fraction of sp³-hybridized carbons (Fsp3) is 0.429. The number of aromatic nitrogens is 2. The zero-order valence-electron chi connectivity index (χ0n) is 10.6. The minimum absolute atomic E-state index is 0.615. The Bertz CT molecular complexity index is 523. The first-order valence-corrected chi connectivity index (χ1v) is 7.35. The van der Waals surface area contributed by atoms with Crippen LogP contribution in [-0.4, -0.2) is 22.7 Å². The SMILES string of the molecule is Brc1ccccc1C1CC(NCCc2ncon2)C1. The number of nitrogens with one attached hydrogen (secondary N) is 1. The van der Waals surface area contributed by atoms with Gasteiger partial charge in [-0.1, -0.05) is 39.3 Å². The molecule has 4 nitrogen and oxygen atoms in total. The van der Waals surface area contributed by atoms with Gasteiger partial charge in [0, 0.05) is 23.5 Å². The maximum atomic E-state index is 4.71. The van der Waals surface area contributed by atoms with Crippen molar-refractivity contribution in [3.8, 4) is 0 Å². The standard InChI is InChI=1S/C14H16BrN3O/c15-13-4-2-1-3-12(13)10-7-11(8-10)16-6-5-14-17-9-19-18-14/h1-4,9-11,16H,5-8H2. The molecular formula is C14H16BrN3O. The summed E-state index contributed by atoms with van der Waals surface area (Å²) in [7, 11) is 0. The molecule has 3 rings (SSSR count). The quantitative estimate of drug-likeness (QED) is 0.920. The van der Waals surface area contributed by atoms with Gasteiger partial charge in [0.25, 0.3) is 0 Å². The Morgan fingerprint density at radius 1 is 1.32 bits per heavy atom. The van der Waals surface area contributed by atoms with E-state index in [0.29, 0.717) is 12.0 Å². The van der Waals surface area contributed by atoms with Crippen LogP contribution in [0.2, 0.25) is 0 Å². The van der Waals surface area contributed by atoms with Crippen LogP contribution >= 0.6 is 15.9 Å². The Labute approximate surface area is 120 Å². The number of rotatable bonds is 5. The molecular weight excluding hydrogens is 306 g/mol. The van der Waals surface area contributed by atoms with E-state index in [-0.39, 0.29) is 0 Å². The van der Waals surface area contributed by atoms with Crippen molar-refractivity contribution in [1.29, 1.82) is 0 Å². The summed E-state index contributed by atoms with van der Waals surface area (Å²) in [6.45, 7) is 0.910. The molecule has 0 spiro atoms. The summed E-state index contributed by atoms with van der Waals surface area (Å²) < 4.78 is 5.93. The number of halogens is 1. The summed E-state index contributed by atoms with van der Waals surface area (Å²) in [5.74, 6) is 1.45. The first kappa shape index (κ1) is 12.8. The average molecular weight is 322 g/mol. The van der Waals surface area contributed by atoms with Gasteiger partial charge < -0.3 is 9.84 Å². The van der Waals surface area contributed by atoms with Gasteiger partial charge in [0.05, 0.1) is 0 Å². The molecule has 1 aliphatic carbocycles. The third kappa shape index (κ3) is 3.04. The van der Waals surface area contributed by atoms with E-state index in [2.05, 4.69) is 55.7 Å². The highest BCUT2D eigenvalue weighted by atomic mass is 79.9. The molecule has 1 heterocycles. The molecule has 0 unspecified atom stereocenters. The highest BCUT2D eigenvalue weighted by molar-refractivity contribution is 9.10. The first-order valence-electron chi connectivity index (χ1n) is 6.56. The van der Waals surface area contributed by atoms with Crippen LogP contribution in [0.4, 0.5) is 0 Å². The van der Waals surface area contributed by atoms with Crippen LogP contribution in [0.5, 0.6) is 0 Å². The molecule has 0 radical (unpaired) electrons. The predicted octanol–water partition coefficient (Wildman–Crippen LogP) is 2.91. The van der Waals surface area contributed by atoms with E-state index in [1.54, 1.807) is 0 Å². The van der Waals surface area contributed by atoms with Gasteiger partial charge in [-0.05, 0) is 30.4 Å². The van der Waals surface area contributed by atoms with E-state index < -0.39 is 0 Å². The van der Waals surface area contributed by atoms with Crippen molar-refractivity contribution in [3.63, 3.8) is 0 Å². The third-order valence-corrected chi connectivity index (χ3v) is 4.39. The van der Waals surface area contributed by atoms with Crippen molar-refractivity contribution in [3.05, 3.63) is 46.5 Å². The van der Waals surface area contributed by atoms with E-state index in [0.717, 1.165) is 18.8 Å². The summed E-state index contributed by atoms with van der Waals surface area (Å²) in [5, 5.41) is 7.34. The molecule has 1 aromatic heterocycles.